The third kappa shape index (κ3) is 5.02. The van der Waals surface area contributed by atoms with Crippen LogP contribution in [-0.4, -0.2) is 17.4 Å². The molecule has 2 aromatic carbocycles. The van der Waals surface area contributed by atoms with Crippen molar-refractivity contribution in [1.82, 2.24) is 0 Å². The van der Waals surface area contributed by atoms with E-state index in [1.165, 1.54) is 0 Å². The van der Waals surface area contributed by atoms with Crippen LogP contribution in [0.3, 0.4) is 0 Å². The Morgan fingerprint density at radius 3 is 2.67 bits per heavy atom. The molecule has 2 aromatic rings. The number of hydrogen-bond acceptors (Lipinski definition) is 3. The highest BCUT2D eigenvalue weighted by Crippen LogP contribution is 2.31. The molecule has 24 heavy (non-hydrogen) atoms. The molecule has 0 aliphatic rings. The van der Waals surface area contributed by atoms with Gasteiger partial charge in [0.05, 0.1) is 17.7 Å². The van der Waals surface area contributed by atoms with E-state index in [4.69, 9.17) is 11.6 Å². The van der Waals surface area contributed by atoms with Crippen LogP contribution in [0.1, 0.15) is 30.4 Å². The number of benzene rings is 2. The Hall–Kier alpha value is -1.96. The SMILES string of the molecule is CCCSCC(=O)Nc1ccc(C(C#N)c2ccccc2)c(Cl)c1. The molecule has 2 rings (SSSR count). The number of thioether (sulfide) groups is 1. The van der Waals surface area contributed by atoms with E-state index in [0.717, 1.165) is 23.3 Å². The summed E-state index contributed by atoms with van der Waals surface area (Å²) in [5.74, 6) is 0.923. The van der Waals surface area contributed by atoms with Crippen molar-refractivity contribution in [2.45, 2.75) is 19.3 Å². The highest BCUT2D eigenvalue weighted by atomic mass is 35.5. The number of nitrogens with one attached hydrogen (secondary N) is 1. The Balaban J connectivity index is 2.12. The summed E-state index contributed by atoms with van der Waals surface area (Å²) in [5, 5.41) is 12.8. The van der Waals surface area contributed by atoms with Crippen molar-refractivity contribution < 1.29 is 4.79 Å². The van der Waals surface area contributed by atoms with Crippen molar-refractivity contribution in [3.63, 3.8) is 0 Å². The van der Waals surface area contributed by atoms with Crippen LogP contribution in [0.5, 0.6) is 0 Å². The van der Waals surface area contributed by atoms with Gasteiger partial charge < -0.3 is 5.32 Å². The Labute approximate surface area is 152 Å². The Bertz CT molecular complexity index is 728. The first kappa shape index (κ1) is 18.4. The molecule has 0 aromatic heterocycles. The van der Waals surface area contributed by atoms with E-state index in [1.54, 1.807) is 30.0 Å². The number of hydrogen-bond donors (Lipinski definition) is 1. The summed E-state index contributed by atoms with van der Waals surface area (Å²) in [6.07, 6.45) is 1.05. The van der Waals surface area contributed by atoms with Crippen LogP contribution in [0.15, 0.2) is 48.5 Å². The number of rotatable bonds is 7. The van der Waals surface area contributed by atoms with Gasteiger partial charge in [0.15, 0.2) is 0 Å². The lowest BCUT2D eigenvalue weighted by molar-refractivity contribution is -0.113. The molecule has 124 valence electrons. The molecule has 1 amide bonds. The summed E-state index contributed by atoms with van der Waals surface area (Å²) in [6, 6.07) is 17.1. The number of halogens is 1. The predicted octanol–water partition coefficient (Wildman–Crippen LogP) is 5.08. The highest BCUT2D eigenvalue weighted by Gasteiger charge is 2.17. The first-order valence-corrected chi connectivity index (χ1v) is 9.30. The molecule has 0 saturated carbocycles. The molecular weight excluding hydrogens is 340 g/mol. The van der Waals surface area contributed by atoms with Crippen LogP contribution in [0.25, 0.3) is 0 Å². The predicted molar refractivity (Wildman–Crippen MR) is 102 cm³/mol. The average molecular weight is 359 g/mol. The van der Waals surface area contributed by atoms with E-state index in [1.807, 2.05) is 30.3 Å². The Morgan fingerprint density at radius 1 is 1.29 bits per heavy atom. The summed E-state index contributed by atoms with van der Waals surface area (Å²) < 4.78 is 0. The molecule has 1 unspecified atom stereocenters. The van der Waals surface area contributed by atoms with Crippen LogP contribution >= 0.6 is 23.4 Å². The Morgan fingerprint density at radius 2 is 2.04 bits per heavy atom. The lowest BCUT2D eigenvalue weighted by atomic mass is 9.92. The van der Waals surface area contributed by atoms with E-state index in [2.05, 4.69) is 18.3 Å². The summed E-state index contributed by atoms with van der Waals surface area (Å²) in [7, 11) is 0. The molecule has 3 nitrogen and oxygen atoms in total. The van der Waals surface area contributed by atoms with Gasteiger partial charge >= 0.3 is 0 Å². The van der Waals surface area contributed by atoms with Crippen LogP contribution in [-0.2, 0) is 4.79 Å². The first-order chi connectivity index (χ1) is 11.7. The number of nitrogens with zero attached hydrogens (tertiary/aromatic N) is 1. The van der Waals surface area contributed by atoms with E-state index in [0.29, 0.717) is 16.5 Å². The second-order valence-electron chi connectivity index (χ2n) is 5.31. The van der Waals surface area contributed by atoms with Crippen LogP contribution in [0.2, 0.25) is 5.02 Å². The molecule has 0 aliphatic heterocycles. The van der Waals surface area contributed by atoms with Gasteiger partial charge in [0.2, 0.25) is 5.91 Å². The number of anilines is 1. The van der Waals surface area contributed by atoms with Gasteiger partial charge in [-0.1, -0.05) is 54.9 Å². The third-order valence-electron chi connectivity index (χ3n) is 3.44. The quantitative estimate of drug-likeness (QED) is 0.702. The molecule has 1 N–H and O–H groups in total. The van der Waals surface area contributed by atoms with Crippen molar-refractivity contribution in [2.24, 2.45) is 0 Å². The van der Waals surface area contributed by atoms with Gasteiger partial charge in [-0.15, -0.1) is 0 Å². The summed E-state index contributed by atoms with van der Waals surface area (Å²) >= 11 is 7.96. The molecule has 0 fully saturated rings. The molecule has 0 heterocycles. The van der Waals surface area contributed by atoms with E-state index in [9.17, 15) is 10.1 Å². The molecular formula is C19H19ClN2OS. The van der Waals surface area contributed by atoms with Crippen molar-refractivity contribution in [1.29, 1.82) is 5.26 Å². The smallest absolute Gasteiger partial charge is 0.234 e. The fraction of sp³-hybridized carbons (Fsp3) is 0.263. The second kappa shape index (κ2) is 9.36. The normalized spacial score (nSPS) is 11.5. The maximum Gasteiger partial charge on any atom is 0.234 e. The van der Waals surface area contributed by atoms with E-state index >= 15 is 0 Å². The van der Waals surface area contributed by atoms with Gasteiger partial charge in [-0.25, -0.2) is 0 Å². The van der Waals surface area contributed by atoms with Crippen molar-refractivity contribution in [3.05, 3.63) is 64.7 Å². The molecule has 0 radical (unpaired) electrons. The van der Waals surface area contributed by atoms with Crippen molar-refractivity contribution >= 4 is 35.0 Å². The largest absolute Gasteiger partial charge is 0.325 e. The van der Waals surface area contributed by atoms with Gasteiger partial charge in [-0.2, -0.15) is 17.0 Å². The van der Waals surface area contributed by atoms with Crippen LogP contribution in [0.4, 0.5) is 5.69 Å². The lowest BCUT2D eigenvalue weighted by Crippen LogP contribution is -2.14. The molecule has 0 saturated heterocycles. The minimum absolute atomic E-state index is 0.0443. The molecule has 0 aliphatic carbocycles. The monoisotopic (exact) mass is 358 g/mol. The fourth-order valence-electron chi connectivity index (χ4n) is 2.31. The zero-order valence-corrected chi connectivity index (χ0v) is 15.0. The van der Waals surface area contributed by atoms with Crippen LogP contribution < -0.4 is 5.32 Å². The first-order valence-electron chi connectivity index (χ1n) is 7.77. The van der Waals surface area contributed by atoms with Gasteiger partial charge in [0, 0.05) is 10.7 Å². The maximum absolute atomic E-state index is 11.9. The topological polar surface area (TPSA) is 52.9 Å². The summed E-state index contributed by atoms with van der Waals surface area (Å²) in [5.41, 5.74) is 2.29. The zero-order chi connectivity index (χ0) is 17.4. The van der Waals surface area contributed by atoms with Crippen molar-refractivity contribution in [2.75, 3.05) is 16.8 Å². The second-order valence-corrected chi connectivity index (χ2v) is 6.82. The van der Waals surface area contributed by atoms with Crippen LogP contribution in [0, 0.1) is 11.3 Å². The van der Waals surface area contributed by atoms with Crippen molar-refractivity contribution in [3.8, 4) is 6.07 Å². The standard InChI is InChI=1S/C19H19ClN2OS/c1-2-10-24-13-19(23)22-15-8-9-16(18(20)11-15)17(12-21)14-6-4-3-5-7-14/h3-9,11,17H,2,10,13H2,1H3,(H,22,23). The molecule has 5 heteroatoms. The van der Waals surface area contributed by atoms with Gasteiger partial charge in [-0.05, 0) is 35.4 Å². The van der Waals surface area contributed by atoms with Gasteiger partial charge in [0.25, 0.3) is 0 Å². The minimum Gasteiger partial charge on any atom is -0.325 e. The highest BCUT2D eigenvalue weighted by molar-refractivity contribution is 7.99. The average Bonchev–Trinajstić information content (AvgIpc) is 2.58. The number of carbonyl (C=O) groups excluding carboxylic acids is 1. The fourth-order valence-corrected chi connectivity index (χ4v) is 3.29. The maximum atomic E-state index is 11.9. The number of amides is 1. The summed E-state index contributed by atoms with van der Waals surface area (Å²) in [4.78, 5) is 11.9. The molecule has 0 spiro atoms. The van der Waals surface area contributed by atoms with Gasteiger partial charge in [-0.3, -0.25) is 4.79 Å². The zero-order valence-electron chi connectivity index (χ0n) is 13.5. The van der Waals surface area contributed by atoms with E-state index < -0.39 is 5.92 Å². The Kier molecular flexibility index (Phi) is 7.17. The third-order valence-corrected chi connectivity index (χ3v) is 4.93. The van der Waals surface area contributed by atoms with E-state index in [-0.39, 0.29) is 5.91 Å². The molecule has 1 atom stereocenters. The summed E-state index contributed by atoms with van der Waals surface area (Å²) in [6.45, 7) is 2.09. The van der Waals surface area contributed by atoms with Gasteiger partial charge in [0.1, 0.15) is 0 Å². The molecule has 0 bridgehead atoms. The lowest BCUT2D eigenvalue weighted by Gasteiger charge is -2.13. The minimum atomic E-state index is -0.427. The number of carbonyl (C=O) groups is 1. The number of nitriles is 1.